The van der Waals surface area contributed by atoms with E-state index >= 15 is 0 Å². The fourth-order valence-electron chi connectivity index (χ4n) is 3.03. The van der Waals surface area contributed by atoms with Crippen molar-refractivity contribution in [3.05, 3.63) is 23.4 Å². The van der Waals surface area contributed by atoms with E-state index in [1.165, 1.54) is 6.20 Å². The molecule has 1 fully saturated rings. The lowest BCUT2D eigenvalue weighted by atomic mass is 9.73. The summed E-state index contributed by atoms with van der Waals surface area (Å²) in [5, 5.41) is 0. The van der Waals surface area contributed by atoms with Gasteiger partial charge in [-0.2, -0.15) is 0 Å². The van der Waals surface area contributed by atoms with Crippen LogP contribution in [0.1, 0.15) is 55.9 Å². The highest BCUT2D eigenvalue weighted by atomic mass is 19.1. The van der Waals surface area contributed by atoms with Crippen LogP contribution in [0.25, 0.3) is 0 Å². The second-order valence-electron chi connectivity index (χ2n) is 6.15. The number of hydrogen-bond acceptors (Lipinski definition) is 3. The third kappa shape index (κ3) is 2.18. The lowest BCUT2D eigenvalue weighted by molar-refractivity contribution is -0.0370. The number of pyridine rings is 1. The fraction of sp³-hybridized carbons (Fsp3) is 0.667. The predicted octanol–water partition coefficient (Wildman–Crippen LogP) is 3.40. The van der Waals surface area contributed by atoms with Gasteiger partial charge < -0.3 is 10.5 Å². The largest absolute Gasteiger partial charge is 0.471 e. The molecule has 20 heavy (non-hydrogen) atoms. The van der Waals surface area contributed by atoms with Gasteiger partial charge in [-0.05, 0) is 25.3 Å². The number of rotatable bonds is 3. The second kappa shape index (κ2) is 4.95. The highest BCUT2D eigenvalue weighted by Gasteiger charge is 2.45. The van der Waals surface area contributed by atoms with Crippen LogP contribution >= 0.6 is 0 Å². The van der Waals surface area contributed by atoms with E-state index in [0.717, 1.165) is 31.2 Å². The van der Waals surface area contributed by atoms with E-state index in [4.69, 9.17) is 10.5 Å². The standard InChI is InChI=1S/C15H20F2N2O/c1-9(7-16)13(17)10-5-11-12(18)6-15(3-2-4-15)20-14(11)19-8-10/h5,8-9,12-13H,2-4,6-7,18H2,1H3/t9?,12-,13?/m0/s1. The van der Waals surface area contributed by atoms with E-state index in [2.05, 4.69) is 4.98 Å². The van der Waals surface area contributed by atoms with Crippen molar-refractivity contribution in [1.29, 1.82) is 0 Å². The molecule has 0 aromatic carbocycles. The third-order valence-electron chi connectivity index (χ3n) is 4.53. The van der Waals surface area contributed by atoms with Crippen molar-refractivity contribution in [2.75, 3.05) is 6.67 Å². The van der Waals surface area contributed by atoms with Crippen LogP contribution in [0, 0.1) is 5.92 Å². The van der Waals surface area contributed by atoms with Crippen LogP contribution in [-0.2, 0) is 0 Å². The Morgan fingerprint density at radius 1 is 1.55 bits per heavy atom. The first-order chi connectivity index (χ1) is 9.54. The van der Waals surface area contributed by atoms with Crippen molar-refractivity contribution >= 4 is 0 Å². The summed E-state index contributed by atoms with van der Waals surface area (Å²) >= 11 is 0. The Morgan fingerprint density at radius 3 is 2.90 bits per heavy atom. The van der Waals surface area contributed by atoms with Crippen molar-refractivity contribution in [2.45, 2.75) is 50.4 Å². The molecular weight excluding hydrogens is 262 g/mol. The Kier molecular flexibility index (Phi) is 3.40. The Morgan fingerprint density at radius 2 is 2.30 bits per heavy atom. The Hall–Kier alpha value is -1.23. The van der Waals surface area contributed by atoms with Crippen LogP contribution in [-0.4, -0.2) is 17.3 Å². The molecule has 1 saturated carbocycles. The van der Waals surface area contributed by atoms with Crippen LogP contribution in [0.4, 0.5) is 8.78 Å². The number of nitrogens with zero attached hydrogens (tertiary/aromatic N) is 1. The molecule has 3 nitrogen and oxygen atoms in total. The van der Waals surface area contributed by atoms with E-state index in [1.54, 1.807) is 13.0 Å². The third-order valence-corrected chi connectivity index (χ3v) is 4.53. The quantitative estimate of drug-likeness (QED) is 0.924. The number of hydrogen-bond donors (Lipinski definition) is 1. The summed E-state index contributed by atoms with van der Waals surface area (Å²) < 4.78 is 32.6. The van der Waals surface area contributed by atoms with E-state index in [1.807, 2.05) is 0 Å². The molecule has 2 unspecified atom stereocenters. The maximum atomic E-state index is 14.1. The van der Waals surface area contributed by atoms with Crippen molar-refractivity contribution in [2.24, 2.45) is 11.7 Å². The second-order valence-corrected chi connectivity index (χ2v) is 6.15. The van der Waals surface area contributed by atoms with Gasteiger partial charge in [0.25, 0.3) is 0 Å². The minimum Gasteiger partial charge on any atom is -0.471 e. The maximum Gasteiger partial charge on any atom is 0.218 e. The zero-order chi connectivity index (χ0) is 14.3. The van der Waals surface area contributed by atoms with Gasteiger partial charge in [-0.3, -0.25) is 4.39 Å². The summed E-state index contributed by atoms with van der Waals surface area (Å²) in [6, 6.07) is 1.51. The SMILES string of the molecule is CC(CF)C(F)c1cnc2c(c1)[C@@H](N)CC1(CCC1)O2. The first kappa shape index (κ1) is 13.7. The average Bonchev–Trinajstić information content (AvgIpc) is 2.43. The molecule has 110 valence electrons. The Bertz CT molecular complexity index is 505. The molecule has 1 aromatic rings. The molecule has 1 aliphatic carbocycles. The molecule has 1 aliphatic heterocycles. The molecule has 0 radical (unpaired) electrons. The lowest BCUT2D eigenvalue weighted by Crippen LogP contribution is -2.48. The van der Waals surface area contributed by atoms with Crippen molar-refractivity contribution in [3.8, 4) is 5.88 Å². The van der Waals surface area contributed by atoms with Crippen molar-refractivity contribution < 1.29 is 13.5 Å². The molecule has 0 saturated heterocycles. The van der Waals surface area contributed by atoms with Gasteiger partial charge in [0.1, 0.15) is 11.8 Å². The number of aromatic nitrogens is 1. The van der Waals surface area contributed by atoms with E-state index < -0.39 is 18.8 Å². The molecule has 0 amide bonds. The molecule has 0 bridgehead atoms. The first-order valence-electron chi connectivity index (χ1n) is 7.19. The molecule has 3 atom stereocenters. The molecule has 2 N–H and O–H groups in total. The minimum absolute atomic E-state index is 0.151. The number of alkyl halides is 2. The topological polar surface area (TPSA) is 48.1 Å². The number of ether oxygens (including phenoxy) is 1. The number of nitrogens with two attached hydrogens (primary N) is 1. The molecule has 5 heteroatoms. The predicted molar refractivity (Wildman–Crippen MR) is 72.0 cm³/mol. The van der Waals surface area contributed by atoms with Gasteiger partial charge in [0.2, 0.25) is 5.88 Å². The van der Waals surface area contributed by atoms with Crippen LogP contribution < -0.4 is 10.5 Å². The van der Waals surface area contributed by atoms with Gasteiger partial charge >= 0.3 is 0 Å². The van der Waals surface area contributed by atoms with E-state index in [-0.39, 0.29) is 11.6 Å². The van der Waals surface area contributed by atoms with Gasteiger partial charge in [-0.25, -0.2) is 9.37 Å². The summed E-state index contributed by atoms with van der Waals surface area (Å²) in [5.41, 5.74) is 7.17. The first-order valence-corrected chi connectivity index (χ1v) is 7.19. The zero-order valence-electron chi connectivity index (χ0n) is 11.6. The van der Waals surface area contributed by atoms with Crippen LogP contribution in [0.5, 0.6) is 5.88 Å². The fourth-order valence-corrected chi connectivity index (χ4v) is 3.03. The van der Waals surface area contributed by atoms with Crippen LogP contribution in [0.15, 0.2) is 12.3 Å². The summed E-state index contributed by atoms with van der Waals surface area (Å²) in [5.74, 6) is -0.152. The zero-order valence-corrected chi connectivity index (χ0v) is 11.6. The Labute approximate surface area is 117 Å². The summed E-state index contributed by atoms with van der Waals surface area (Å²) in [6.07, 6.45) is 4.01. The highest BCUT2D eigenvalue weighted by molar-refractivity contribution is 5.37. The lowest BCUT2D eigenvalue weighted by Gasteiger charge is -2.46. The van der Waals surface area contributed by atoms with Crippen molar-refractivity contribution in [3.63, 3.8) is 0 Å². The van der Waals surface area contributed by atoms with E-state index in [0.29, 0.717) is 11.4 Å². The molecule has 2 heterocycles. The smallest absolute Gasteiger partial charge is 0.218 e. The monoisotopic (exact) mass is 282 g/mol. The minimum atomic E-state index is -1.36. The molecule has 1 spiro atoms. The summed E-state index contributed by atoms with van der Waals surface area (Å²) in [4.78, 5) is 4.22. The summed E-state index contributed by atoms with van der Waals surface area (Å²) in [6.45, 7) is 0.855. The maximum absolute atomic E-state index is 14.1. The molecule has 1 aromatic heterocycles. The normalized spacial score (nSPS) is 26.3. The van der Waals surface area contributed by atoms with Gasteiger partial charge in [-0.1, -0.05) is 6.92 Å². The van der Waals surface area contributed by atoms with Gasteiger partial charge in [0.05, 0.1) is 6.67 Å². The molecular formula is C15H20F2N2O. The highest BCUT2D eigenvalue weighted by Crippen LogP contribution is 2.47. The van der Waals surface area contributed by atoms with Crippen LogP contribution in [0.2, 0.25) is 0 Å². The number of fused-ring (bicyclic) bond motifs is 1. The van der Waals surface area contributed by atoms with Gasteiger partial charge in [0, 0.05) is 35.7 Å². The van der Waals surface area contributed by atoms with Crippen LogP contribution in [0.3, 0.4) is 0 Å². The van der Waals surface area contributed by atoms with Gasteiger partial charge in [0.15, 0.2) is 0 Å². The van der Waals surface area contributed by atoms with E-state index in [9.17, 15) is 8.78 Å². The van der Waals surface area contributed by atoms with Gasteiger partial charge in [-0.15, -0.1) is 0 Å². The average molecular weight is 282 g/mol. The van der Waals surface area contributed by atoms with Crippen molar-refractivity contribution in [1.82, 2.24) is 4.98 Å². The summed E-state index contributed by atoms with van der Waals surface area (Å²) in [7, 11) is 0. The Balaban J connectivity index is 1.88. The molecule has 3 rings (SSSR count). The number of halogens is 2. The molecule has 2 aliphatic rings.